The van der Waals surface area contributed by atoms with Crippen LogP contribution in [0.4, 0.5) is 0 Å². The van der Waals surface area contributed by atoms with Crippen LogP contribution >= 0.6 is 0 Å². The average Bonchev–Trinajstić information content (AvgIpc) is 2.17. The predicted octanol–water partition coefficient (Wildman–Crippen LogP) is 2.68. The molecule has 1 aromatic carbocycles. The largest absolute Gasteiger partial charge is 0.496 e. The Morgan fingerprint density at radius 3 is 2.33 bits per heavy atom. The molecule has 82 valence electrons. The molecule has 2 nitrogen and oxygen atoms in total. The number of hydrogen-bond donors (Lipinski definition) is 1. The number of aliphatic hydroxyl groups is 1. The van der Waals surface area contributed by atoms with Gasteiger partial charge in [0.1, 0.15) is 5.75 Å². The van der Waals surface area contributed by atoms with E-state index < -0.39 is 5.60 Å². The van der Waals surface area contributed by atoms with Gasteiger partial charge in [-0.15, -0.1) is 0 Å². The van der Waals surface area contributed by atoms with Gasteiger partial charge in [0.15, 0.2) is 0 Å². The highest BCUT2D eigenvalue weighted by atomic mass is 16.5. The van der Waals surface area contributed by atoms with E-state index in [2.05, 4.69) is 6.07 Å². The summed E-state index contributed by atoms with van der Waals surface area (Å²) in [7, 11) is 1.68. The Balaban J connectivity index is 2.45. The van der Waals surface area contributed by atoms with Crippen molar-refractivity contribution in [2.24, 2.45) is 0 Å². The summed E-state index contributed by atoms with van der Waals surface area (Å²) in [6.07, 6.45) is 2.90. The molecule has 1 saturated carbocycles. The number of hydrogen-bond acceptors (Lipinski definition) is 2. The monoisotopic (exact) mass is 206 g/mol. The minimum atomic E-state index is -0.568. The molecule has 0 saturated heterocycles. The van der Waals surface area contributed by atoms with Gasteiger partial charge in [-0.2, -0.15) is 0 Å². The van der Waals surface area contributed by atoms with Crippen molar-refractivity contribution >= 4 is 0 Å². The Hall–Kier alpha value is -1.02. The lowest BCUT2D eigenvalue weighted by Gasteiger charge is -2.38. The Labute approximate surface area is 90.9 Å². The standard InChI is InChI=1S/C13H18O2/c1-9-8-12(15-3)10(2)7-11(9)13(14)5-4-6-13/h7-8,14H,4-6H2,1-3H3. The number of aryl methyl sites for hydroxylation is 2. The molecule has 0 aromatic heterocycles. The lowest BCUT2D eigenvalue weighted by Crippen LogP contribution is -2.34. The number of ether oxygens (including phenoxy) is 1. The minimum absolute atomic E-state index is 0.568. The summed E-state index contributed by atoms with van der Waals surface area (Å²) >= 11 is 0. The van der Waals surface area contributed by atoms with Crippen LogP contribution < -0.4 is 4.74 Å². The highest BCUT2D eigenvalue weighted by Gasteiger charge is 2.37. The maximum atomic E-state index is 10.3. The molecule has 2 heteroatoms. The predicted molar refractivity (Wildman–Crippen MR) is 60.2 cm³/mol. The van der Waals surface area contributed by atoms with Crippen LogP contribution in [0.1, 0.15) is 36.0 Å². The Bertz CT molecular complexity index is 378. The molecule has 0 radical (unpaired) electrons. The van der Waals surface area contributed by atoms with Crippen molar-refractivity contribution in [2.75, 3.05) is 7.11 Å². The zero-order valence-corrected chi connectivity index (χ0v) is 9.63. The van der Waals surface area contributed by atoms with Crippen LogP contribution in [0.3, 0.4) is 0 Å². The summed E-state index contributed by atoms with van der Waals surface area (Å²) in [5.41, 5.74) is 2.73. The van der Waals surface area contributed by atoms with Gasteiger partial charge in [0.05, 0.1) is 12.7 Å². The Morgan fingerprint density at radius 1 is 1.20 bits per heavy atom. The van der Waals surface area contributed by atoms with Crippen molar-refractivity contribution in [1.82, 2.24) is 0 Å². The first-order chi connectivity index (χ1) is 7.07. The van der Waals surface area contributed by atoms with Gasteiger partial charge < -0.3 is 9.84 Å². The second-order valence-corrected chi connectivity index (χ2v) is 4.52. The van der Waals surface area contributed by atoms with E-state index in [1.165, 1.54) is 0 Å². The molecule has 0 atom stereocenters. The maximum Gasteiger partial charge on any atom is 0.122 e. The first kappa shape index (κ1) is 10.5. The molecule has 1 aliphatic rings. The van der Waals surface area contributed by atoms with E-state index in [1.54, 1.807) is 7.11 Å². The van der Waals surface area contributed by atoms with Crippen molar-refractivity contribution in [3.05, 3.63) is 28.8 Å². The van der Waals surface area contributed by atoms with Gasteiger partial charge in [0.2, 0.25) is 0 Å². The summed E-state index contributed by atoms with van der Waals surface area (Å²) in [6, 6.07) is 4.08. The van der Waals surface area contributed by atoms with E-state index in [9.17, 15) is 5.11 Å². The normalized spacial score (nSPS) is 18.4. The number of rotatable bonds is 2. The lowest BCUT2D eigenvalue weighted by molar-refractivity contribution is -0.0393. The second kappa shape index (κ2) is 3.53. The molecule has 15 heavy (non-hydrogen) atoms. The topological polar surface area (TPSA) is 29.5 Å². The van der Waals surface area contributed by atoms with E-state index >= 15 is 0 Å². The molecule has 0 bridgehead atoms. The van der Waals surface area contributed by atoms with Crippen molar-refractivity contribution in [3.63, 3.8) is 0 Å². The summed E-state index contributed by atoms with van der Waals surface area (Å²) in [4.78, 5) is 0. The maximum absolute atomic E-state index is 10.3. The molecule has 1 N–H and O–H groups in total. The quantitative estimate of drug-likeness (QED) is 0.806. The molecule has 0 unspecified atom stereocenters. The second-order valence-electron chi connectivity index (χ2n) is 4.52. The summed E-state index contributed by atoms with van der Waals surface area (Å²) in [5.74, 6) is 0.902. The van der Waals surface area contributed by atoms with Crippen LogP contribution in [0.25, 0.3) is 0 Å². The molecule has 2 rings (SSSR count). The molecule has 1 aliphatic carbocycles. The number of methoxy groups -OCH3 is 1. The van der Waals surface area contributed by atoms with E-state index in [1.807, 2.05) is 19.9 Å². The fourth-order valence-corrected chi connectivity index (χ4v) is 2.29. The molecule has 1 aromatic rings. The van der Waals surface area contributed by atoms with E-state index in [-0.39, 0.29) is 0 Å². The zero-order valence-electron chi connectivity index (χ0n) is 9.63. The van der Waals surface area contributed by atoms with Crippen molar-refractivity contribution in [3.8, 4) is 5.75 Å². The minimum Gasteiger partial charge on any atom is -0.496 e. The number of benzene rings is 1. The van der Waals surface area contributed by atoms with Gasteiger partial charge in [-0.05, 0) is 61.9 Å². The fraction of sp³-hybridized carbons (Fsp3) is 0.538. The van der Waals surface area contributed by atoms with E-state index in [4.69, 9.17) is 4.74 Å². The third kappa shape index (κ3) is 1.63. The van der Waals surface area contributed by atoms with E-state index in [0.29, 0.717) is 0 Å². The first-order valence-electron chi connectivity index (χ1n) is 5.45. The molecule has 0 heterocycles. The Kier molecular flexibility index (Phi) is 2.47. The van der Waals surface area contributed by atoms with Crippen LogP contribution in [0.5, 0.6) is 5.75 Å². The van der Waals surface area contributed by atoms with E-state index in [0.717, 1.165) is 41.7 Å². The van der Waals surface area contributed by atoms with Crippen molar-refractivity contribution in [2.45, 2.75) is 38.7 Å². The van der Waals surface area contributed by atoms with Crippen LogP contribution in [-0.4, -0.2) is 12.2 Å². The summed E-state index contributed by atoms with van der Waals surface area (Å²) in [6.45, 7) is 4.05. The third-order valence-electron chi connectivity index (χ3n) is 3.42. The van der Waals surface area contributed by atoms with Gasteiger partial charge in [0.25, 0.3) is 0 Å². The molecule has 0 amide bonds. The molecular weight excluding hydrogens is 188 g/mol. The van der Waals surface area contributed by atoms with Gasteiger partial charge in [0, 0.05) is 0 Å². The van der Waals surface area contributed by atoms with Crippen LogP contribution in [0.2, 0.25) is 0 Å². The summed E-state index contributed by atoms with van der Waals surface area (Å²) < 4.78 is 5.26. The van der Waals surface area contributed by atoms with Gasteiger partial charge in [-0.3, -0.25) is 0 Å². The SMILES string of the molecule is COc1cc(C)c(C2(O)CCC2)cc1C. The zero-order chi connectivity index (χ0) is 11.1. The van der Waals surface area contributed by atoms with Gasteiger partial charge >= 0.3 is 0 Å². The van der Waals surface area contributed by atoms with Crippen LogP contribution in [0.15, 0.2) is 12.1 Å². The third-order valence-corrected chi connectivity index (χ3v) is 3.42. The highest BCUT2D eigenvalue weighted by Crippen LogP contribution is 2.43. The summed E-state index contributed by atoms with van der Waals surface area (Å²) in [5, 5.41) is 10.3. The highest BCUT2D eigenvalue weighted by molar-refractivity contribution is 5.44. The van der Waals surface area contributed by atoms with Crippen molar-refractivity contribution < 1.29 is 9.84 Å². The van der Waals surface area contributed by atoms with Crippen molar-refractivity contribution in [1.29, 1.82) is 0 Å². The molecule has 1 fully saturated rings. The lowest BCUT2D eigenvalue weighted by atomic mass is 9.73. The average molecular weight is 206 g/mol. The van der Waals surface area contributed by atoms with Gasteiger partial charge in [-0.25, -0.2) is 0 Å². The van der Waals surface area contributed by atoms with Crippen LogP contribution in [0, 0.1) is 13.8 Å². The Morgan fingerprint density at radius 2 is 1.87 bits per heavy atom. The molecular formula is C13H18O2. The fourth-order valence-electron chi connectivity index (χ4n) is 2.29. The first-order valence-corrected chi connectivity index (χ1v) is 5.45. The van der Waals surface area contributed by atoms with Crippen LogP contribution in [-0.2, 0) is 5.60 Å². The smallest absolute Gasteiger partial charge is 0.122 e. The van der Waals surface area contributed by atoms with Gasteiger partial charge in [-0.1, -0.05) is 0 Å². The molecule has 0 aliphatic heterocycles. The molecule has 0 spiro atoms.